The molecule has 0 saturated carbocycles. The van der Waals surface area contributed by atoms with Crippen molar-refractivity contribution in [1.29, 1.82) is 0 Å². The molecule has 2 aromatic heterocycles. The van der Waals surface area contributed by atoms with Crippen LogP contribution in [0.1, 0.15) is 27.7 Å². The Morgan fingerprint density at radius 3 is 2.76 bits per heavy atom. The highest BCUT2D eigenvalue weighted by molar-refractivity contribution is 7.22. The van der Waals surface area contributed by atoms with Gasteiger partial charge >= 0.3 is 0 Å². The summed E-state index contributed by atoms with van der Waals surface area (Å²) >= 11 is 7.44. The van der Waals surface area contributed by atoms with Crippen molar-refractivity contribution in [2.24, 2.45) is 0 Å². The number of fused-ring (bicyclic) bond motifs is 3. The maximum Gasteiger partial charge on any atom is 0.297 e. The lowest BCUT2D eigenvalue weighted by molar-refractivity contribution is 0.0971. The van der Waals surface area contributed by atoms with Crippen molar-refractivity contribution in [3.8, 4) is 11.5 Å². The third-order valence-electron chi connectivity index (χ3n) is 5.84. The van der Waals surface area contributed by atoms with E-state index < -0.39 is 11.9 Å². The molecule has 1 atom stereocenters. The fourth-order valence-corrected chi connectivity index (χ4v) is 5.55. The van der Waals surface area contributed by atoms with Crippen molar-refractivity contribution in [3.05, 3.63) is 92.8 Å². The molecule has 0 bridgehead atoms. The molecule has 1 aliphatic rings. The fraction of sp³-hybridized carbons (Fsp3) is 0.0800. The van der Waals surface area contributed by atoms with E-state index in [-0.39, 0.29) is 28.3 Å². The number of halogens is 1. The van der Waals surface area contributed by atoms with Crippen LogP contribution in [0.4, 0.5) is 5.13 Å². The Balaban J connectivity index is 1.64. The number of phenols is 1. The second-order valence-corrected chi connectivity index (χ2v) is 9.23. The average Bonchev–Trinajstić information content (AvgIpc) is 3.38. The summed E-state index contributed by atoms with van der Waals surface area (Å²) in [5, 5.41) is 11.4. The van der Waals surface area contributed by atoms with Gasteiger partial charge in [-0.1, -0.05) is 41.1 Å². The number of benzene rings is 3. The number of ether oxygens (including phenoxy) is 1. The summed E-state index contributed by atoms with van der Waals surface area (Å²) in [6.07, 6.45) is 0. The van der Waals surface area contributed by atoms with E-state index in [1.54, 1.807) is 54.6 Å². The number of carbonyl (C=O) groups is 1. The zero-order chi connectivity index (χ0) is 23.6. The Morgan fingerprint density at radius 2 is 1.94 bits per heavy atom. The lowest BCUT2D eigenvalue weighted by Crippen LogP contribution is -2.29. The molecule has 9 heteroatoms. The molecule has 6 rings (SSSR count). The number of hydrogen-bond donors (Lipinski definition) is 1. The molecule has 0 radical (unpaired) electrons. The lowest BCUT2D eigenvalue weighted by Gasteiger charge is -2.23. The maximum absolute atomic E-state index is 13.7. The van der Waals surface area contributed by atoms with Crippen molar-refractivity contribution >= 4 is 55.2 Å². The molecule has 0 fully saturated rings. The van der Waals surface area contributed by atoms with E-state index in [4.69, 9.17) is 20.8 Å². The van der Waals surface area contributed by atoms with Crippen LogP contribution in [-0.4, -0.2) is 23.1 Å². The minimum atomic E-state index is -0.825. The van der Waals surface area contributed by atoms with Gasteiger partial charge in [-0.25, -0.2) is 4.98 Å². The van der Waals surface area contributed by atoms with Crippen molar-refractivity contribution in [1.82, 2.24) is 4.98 Å². The number of phenolic OH excluding ortho intramolecular Hbond substituents is 1. The predicted octanol–water partition coefficient (Wildman–Crippen LogP) is 5.52. The van der Waals surface area contributed by atoms with Crippen LogP contribution in [0.3, 0.4) is 0 Å². The van der Waals surface area contributed by atoms with Gasteiger partial charge in [-0.05, 0) is 48.0 Å². The van der Waals surface area contributed by atoms with Gasteiger partial charge in [-0.3, -0.25) is 14.5 Å². The number of hydrogen-bond acceptors (Lipinski definition) is 7. The summed E-state index contributed by atoms with van der Waals surface area (Å²) < 4.78 is 12.0. The van der Waals surface area contributed by atoms with E-state index in [2.05, 4.69) is 4.98 Å². The predicted molar refractivity (Wildman–Crippen MR) is 130 cm³/mol. The molecule has 7 nitrogen and oxygen atoms in total. The van der Waals surface area contributed by atoms with Gasteiger partial charge in [0.15, 0.2) is 22.1 Å². The second-order valence-electron chi connectivity index (χ2n) is 7.79. The first-order chi connectivity index (χ1) is 16.5. The van der Waals surface area contributed by atoms with E-state index in [1.807, 2.05) is 0 Å². The molecule has 168 valence electrons. The van der Waals surface area contributed by atoms with Crippen LogP contribution >= 0.6 is 22.9 Å². The van der Waals surface area contributed by atoms with Gasteiger partial charge in [0, 0.05) is 5.02 Å². The van der Waals surface area contributed by atoms with Crippen LogP contribution in [0.25, 0.3) is 21.2 Å². The molecular formula is C25H15ClN2O5S. The fourth-order valence-electron chi connectivity index (χ4n) is 4.29. The van der Waals surface area contributed by atoms with Crippen molar-refractivity contribution in [2.75, 3.05) is 12.0 Å². The molecule has 1 aliphatic heterocycles. The van der Waals surface area contributed by atoms with E-state index in [1.165, 1.54) is 29.4 Å². The molecule has 0 aliphatic carbocycles. The number of aromatic hydroxyl groups is 1. The SMILES string of the molecule is COc1cc([C@@H]2c3c(oc4ccccc4c3=O)C(=O)N2c2nc3ccc(Cl)cc3s2)ccc1O. The number of nitrogens with zero attached hydrogens (tertiary/aromatic N) is 2. The molecule has 1 N–H and O–H groups in total. The van der Waals surface area contributed by atoms with Crippen LogP contribution < -0.4 is 15.1 Å². The number of anilines is 1. The van der Waals surface area contributed by atoms with Gasteiger partial charge in [0.2, 0.25) is 5.76 Å². The maximum atomic E-state index is 13.7. The quantitative estimate of drug-likeness (QED) is 0.358. The zero-order valence-electron chi connectivity index (χ0n) is 17.6. The van der Waals surface area contributed by atoms with Gasteiger partial charge in [-0.15, -0.1) is 0 Å². The van der Waals surface area contributed by atoms with Gasteiger partial charge in [-0.2, -0.15) is 0 Å². The topological polar surface area (TPSA) is 92.9 Å². The summed E-state index contributed by atoms with van der Waals surface area (Å²) in [7, 11) is 1.43. The molecule has 5 aromatic rings. The molecule has 3 heterocycles. The summed E-state index contributed by atoms with van der Waals surface area (Å²) in [6, 6.07) is 16.0. The Kier molecular flexibility index (Phi) is 4.62. The summed E-state index contributed by atoms with van der Waals surface area (Å²) in [5.41, 5.74) is 1.50. The zero-order valence-corrected chi connectivity index (χ0v) is 19.2. The highest BCUT2D eigenvalue weighted by Gasteiger charge is 2.45. The third kappa shape index (κ3) is 2.99. The number of amides is 1. The first-order valence-corrected chi connectivity index (χ1v) is 11.5. The molecular weight excluding hydrogens is 476 g/mol. The minimum Gasteiger partial charge on any atom is -0.504 e. The Hall–Kier alpha value is -3.88. The van der Waals surface area contributed by atoms with E-state index in [9.17, 15) is 14.7 Å². The number of methoxy groups -OCH3 is 1. The summed E-state index contributed by atoms with van der Waals surface area (Å²) in [6.45, 7) is 0. The molecule has 34 heavy (non-hydrogen) atoms. The lowest BCUT2D eigenvalue weighted by atomic mass is 9.98. The van der Waals surface area contributed by atoms with Crippen molar-refractivity contribution in [3.63, 3.8) is 0 Å². The van der Waals surface area contributed by atoms with Crippen LogP contribution in [0.2, 0.25) is 5.02 Å². The Labute approximate surface area is 201 Å². The monoisotopic (exact) mass is 490 g/mol. The number of thiazole rings is 1. The van der Waals surface area contributed by atoms with Crippen LogP contribution in [0.5, 0.6) is 11.5 Å². The first kappa shape index (κ1) is 20.7. The summed E-state index contributed by atoms with van der Waals surface area (Å²) in [4.78, 5) is 33.4. The molecule has 0 saturated heterocycles. The highest BCUT2D eigenvalue weighted by Crippen LogP contribution is 2.45. The van der Waals surface area contributed by atoms with Gasteiger partial charge in [0.1, 0.15) is 5.58 Å². The molecule has 0 spiro atoms. The van der Waals surface area contributed by atoms with Crippen molar-refractivity contribution in [2.45, 2.75) is 6.04 Å². The van der Waals surface area contributed by atoms with Gasteiger partial charge in [0.05, 0.1) is 34.3 Å². The van der Waals surface area contributed by atoms with Crippen LogP contribution in [0.15, 0.2) is 69.9 Å². The van der Waals surface area contributed by atoms with Gasteiger partial charge in [0.25, 0.3) is 5.91 Å². The number of carbonyl (C=O) groups excluding carboxylic acids is 1. The van der Waals surface area contributed by atoms with Crippen LogP contribution in [-0.2, 0) is 0 Å². The molecule has 3 aromatic carbocycles. The minimum absolute atomic E-state index is 0.0296. The van der Waals surface area contributed by atoms with Crippen molar-refractivity contribution < 1.29 is 19.1 Å². The third-order valence-corrected chi connectivity index (χ3v) is 7.09. The normalized spacial score (nSPS) is 15.3. The molecule has 0 unspecified atom stereocenters. The largest absolute Gasteiger partial charge is 0.504 e. The molecule has 1 amide bonds. The van der Waals surface area contributed by atoms with Crippen LogP contribution in [0, 0.1) is 0 Å². The first-order valence-electron chi connectivity index (χ1n) is 10.3. The standard InChI is InChI=1S/C25H15ClN2O5S/c1-32-18-10-12(6-9-16(18)29)21-20-22(30)14-4-2-3-5-17(14)33-23(20)24(31)28(21)25-27-15-8-7-13(26)11-19(15)34-25/h2-11,21,29H,1H3/t21-/m1/s1. The Bertz CT molecular complexity index is 1690. The van der Waals surface area contributed by atoms with E-state index >= 15 is 0 Å². The Morgan fingerprint density at radius 1 is 1.12 bits per heavy atom. The van der Waals surface area contributed by atoms with E-state index in [0.29, 0.717) is 32.2 Å². The number of aromatic nitrogens is 1. The second kappa shape index (κ2) is 7.58. The smallest absolute Gasteiger partial charge is 0.297 e. The highest BCUT2D eigenvalue weighted by atomic mass is 35.5. The van der Waals surface area contributed by atoms with Gasteiger partial charge < -0.3 is 14.3 Å². The summed E-state index contributed by atoms with van der Waals surface area (Å²) in [5.74, 6) is -0.333. The van der Waals surface area contributed by atoms with E-state index in [0.717, 1.165) is 4.70 Å². The number of para-hydroxylation sites is 1. The number of rotatable bonds is 3. The average molecular weight is 491 g/mol.